The molecule has 0 aromatic carbocycles. The standard InChI is InChI=1S/C9H17N3O2/c1-14-4-2-3-12-7-11-5-9(12)8(10)6-13/h5,7-8,13H,2-4,6,10H2,1H3. The lowest BCUT2D eigenvalue weighted by Crippen LogP contribution is -2.19. The smallest absolute Gasteiger partial charge is 0.0948 e. The summed E-state index contributed by atoms with van der Waals surface area (Å²) in [6, 6.07) is -0.347. The number of nitrogens with zero attached hydrogens (tertiary/aromatic N) is 2. The summed E-state index contributed by atoms with van der Waals surface area (Å²) in [5.41, 5.74) is 6.57. The molecule has 0 fully saturated rings. The second-order valence-corrected chi connectivity index (χ2v) is 3.15. The van der Waals surface area contributed by atoms with E-state index in [0.717, 1.165) is 18.7 Å². The highest BCUT2D eigenvalue weighted by molar-refractivity contribution is 5.04. The van der Waals surface area contributed by atoms with Gasteiger partial charge in [0, 0.05) is 26.5 Å². The lowest BCUT2D eigenvalue weighted by molar-refractivity contribution is 0.189. The van der Waals surface area contributed by atoms with Crippen molar-refractivity contribution in [3.63, 3.8) is 0 Å². The minimum absolute atomic E-state index is 0.0596. The first kappa shape index (κ1) is 11.2. The van der Waals surface area contributed by atoms with Crippen LogP contribution in [0.15, 0.2) is 12.5 Å². The van der Waals surface area contributed by atoms with Gasteiger partial charge >= 0.3 is 0 Å². The number of hydrogen-bond donors (Lipinski definition) is 2. The van der Waals surface area contributed by atoms with E-state index in [9.17, 15) is 0 Å². The molecule has 0 amide bonds. The van der Waals surface area contributed by atoms with Crippen molar-refractivity contribution in [2.75, 3.05) is 20.3 Å². The van der Waals surface area contributed by atoms with Crippen molar-refractivity contribution in [3.05, 3.63) is 18.2 Å². The molecule has 1 heterocycles. The van der Waals surface area contributed by atoms with Gasteiger partial charge in [0.1, 0.15) is 0 Å². The molecule has 1 atom stereocenters. The Balaban J connectivity index is 2.53. The molecule has 80 valence electrons. The summed E-state index contributed by atoms with van der Waals surface area (Å²) in [4.78, 5) is 4.00. The van der Waals surface area contributed by atoms with E-state index in [1.54, 1.807) is 19.6 Å². The summed E-state index contributed by atoms with van der Waals surface area (Å²) in [6.45, 7) is 1.47. The summed E-state index contributed by atoms with van der Waals surface area (Å²) in [6.07, 6.45) is 4.33. The highest BCUT2D eigenvalue weighted by Crippen LogP contribution is 2.09. The molecule has 1 aromatic rings. The molecule has 0 saturated carbocycles. The highest BCUT2D eigenvalue weighted by Gasteiger charge is 2.09. The normalized spacial score (nSPS) is 13.1. The van der Waals surface area contributed by atoms with Gasteiger partial charge in [0.25, 0.3) is 0 Å². The fourth-order valence-corrected chi connectivity index (χ4v) is 1.30. The molecule has 1 unspecified atom stereocenters. The van der Waals surface area contributed by atoms with Crippen LogP contribution < -0.4 is 5.73 Å². The van der Waals surface area contributed by atoms with Crippen LogP contribution in [0, 0.1) is 0 Å². The first-order valence-electron chi connectivity index (χ1n) is 4.65. The fourth-order valence-electron chi connectivity index (χ4n) is 1.30. The molecule has 0 aliphatic heterocycles. The number of hydrogen-bond acceptors (Lipinski definition) is 4. The molecule has 5 heteroatoms. The monoisotopic (exact) mass is 199 g/mol. The third kappa shape index (κ3) is 2.80. The Morgan fingerprint density at radius 1 is 1.71 bits per heavy atom. The third-order valence-corrected chi connectivity index (χ3v) is 2.07. The van der Waals surface area contributed by atoms with E-state index in [1.807, 2.05) is 4.57 Å². The molecule has 0 radical (unpaired) electrons. The zero-order valence-electron chi connectivity index (χ0n) is 8.39. The summed E-state index contributed by atoms with van der Waals surface area (Å²) in [5.74, 6) is 0. The highest BCUT2D eigenvalue weighted by atomic mass is 16.5. The molecule has 0 aliphatic rings. The van der Waals surface area contributed by atoms with Crippen LogP contribution in [0.2, 0.25) is 0 Å². The average Bonchev–Trinajstić information content (AvgIpc) is 2.65. The van der Waals surface area contributed by atoms with Crippen molar-refractivity contribution in [2.24, 2.45) is 5.73 Å². The number of aliphatic hydroxyl groups is 1. The van der Waals surface area contributed by atoms with E-state index >= 15 is 0 Å². The first-order chi connectivity index (χ1) is 6.79. The van der Waals surface area contributed by atoms with Gasteiger partial charge in [-0.2, -0.15) is 0 Å². The van der Waals surface area contributed by atoms with Gasteiger partial charge in [0.2, 0.25) is 0 Å². The van der Waals surface area contributed by atoms with Gasteiger partial charge in [-0.1, -0.05) is 0 Å². The van der Waals surface area contributed by atoms with Gasteiger partial charge in [-0.15, -0.1) is 0 Å². The maximum absolute atomic E-state index is 8.91. The predicted molar refractivity (Wildman–Crippen MR) is 52.7 cm³/mol. The Labute approximate surface area is 83.5 Å². The topological polar surface area (TPSA) is 73.3 Å². The lowest BCUT2D eigenvalue weighted by atomic mass is 10.2. The number of ether oxygens (including phenoxy) is 1. The average molecular weight is 199 g/mol. The van der Waals surface area contributed by atoms with Crippen molar-refractivity contribution < 1.29 is 9.84 Å². The van der Waals surface area contributed by atoms with E-state index in [1.165, 1.54) is 0 Å². The van der Waals surface area contributed by atoms with Gasteiger partial charge in [-0.05, 0) is 6.42 Å². The van der Waals surface area contributed by atoms with Gasteiger partial charge in [-0.3, -0.25) is 0 Å². The van der Waals surface area contributed by atoms with E-state index in [-0.39, 0.29) is 12.6 Å². The molecule has 3 N–H and O–H groups in total. The van der Waals surface area contributed by atoms with Crippen LogP contribution in [0.1, 0.15) is 18.2 Å². The van der Waals surface area contributed by atoms with Gasteiger partial charge < -0.3 is 20.1 Å². The van der Waals surface area contributed by atoms with E-state index in [0.29, 0.717) is 6.61 Å². The van der Waals surface area contributed by atoms with E-state index < -0.39 is 0 Å². The summed E-state index contributed by atoms with van der Waals surface area (Å²) in [7, 11) is 1.67. The van der Waals surface area contributed by atoms with Gasteiger partial charge in [0.05, 0.1) is 24.7 Å². The molecule has 0 spiro atoms. The summed E-state index contributed by atoms with van der Waals surface area (Å²) < 4.78 is 6.90. The van der Waals surface area contributed by atoms with Crippen LogP contribution in [0.25, 0.3) is 0 Å². The van der Waals surface area contributed by atoms with Crippen LogP contribution in [-0.2, 0) is 11.3 Å². The number of aromatic nitrogens is 2. The van der Waals surface area contributed by atoms with Crippen molar-refractivity contribution in [3.8, 4) is 0 Å². The minimum atomic E-state index is -0.347. The molecule has 0 saturated heterocycles. The number of methoxy groups -OCH3 is 1. The Hall–Kier alpha value is -0.910. The number of aryl methyl sites for hydroxylation is 1. The number of rotatable bonds is 6. The van der Waals surface area contributed by atoms with Gasteiger partial charge in [0.15, 0.2) is 0 Å². The van der Waals surface area contributed by atoms with Crippen molar-refractivity contribution in [1.82, 2.24) is 9.55 Å². The van der Waals surface area contributed by atoms with Crippen LogP contribution in [0.4, 0.5) is 0 Å². The second kappa shape index (κ2) is 5.74. The van der Waals surface area contributed by atoms with Crippen LogP contribution >= 0.6 is 0 Å². The van der Waals surface area contributed by atoms with Crippen molar-refractivity contribution in [2.45, 2.75) is 19.0 Å². The van der Waals surface area contributed by atoms with E-state index in [4.69, 9.17) is 15.6 Å². The third-order valence-electron chi connectivity index (χ3n) is 2.07. The molecular weight excluding hydrogens is 182 g/mol. The molecule has 14 heavy (non-hydrogen) atoms. The maximum Gasteiger partial charge on any atom is 0.0948 e. The summed E-state index contributed by atoms with van der Waals surface area (Å²) in [5, 5.41) is 8.91. The van der Waals surface area contributed by atoms with E-state index in [2.05, 4.69) is 4.98 Å². The Bertz CT molecular complexity index is 262. The zero-order valence-corrected chi connectivity index (χ0v) is 8.39. The molecular formula is C9H17N3O2. The SMILES string of the molecule is COCCCn1cncc1C(N)CO. The lowest BCUT2D eigenvalue weighted by Gasteiger charge is -2.11. The molecule has 0 bridgehead atoms. The first-order valence-corrected chi connectivity index (χ1v) is 4.65. The Kier molecular flexibility index (Phi) is 4.58. The minimum Gasteiger partial charge on any atom is -0.394 e. The molecule has 5 nitrogen and oxygen atoms in total. The number of imidazole rings is 1. The summed E-state index contributed by atoms with van der Waals surface area (Å²) >= 11 is 0. The number of nitrogens with two attached hydrogens (primary N) is 1. The van der Waals surface area contributed by atoms with Crippen molar-refractivity contribution >= 4 is 0 Å². The zero-order chi connectivity index (χ0) is 10.4. The Morgan fingerprint density at radius 3 is 3.14 bits per heavy atom. The largest absolute Gasteiger partial charge is 0.394 e. The second-order valence-electron chi connectivity index (χ2n) is 3.15. The predicted octanol–water partition coefficient (Wildman–Crippen LogP) is -0.0883. The number of aliphatic hydroxyl groups excluding tert-OH is 1. The van der Waals surface area contributed by atoms with Crippen LogP contribution in [0.3, 0.4) is 0 Å². The molecule has 0 aliphatic carbocycles. The van der Waals surface area contributed by atoms with Crippen molar-refractivity contribution in [1.29, 1.82) is 0 Å². The fraction of sp³-hybridized carbons (Fsp3) is 0.667. The van der Waals surface area contributed by atoms with Crippen LogP contribution in [0.5, 0.6) is 0 Å². The van der Waals surface area contributed by atoms with Gasteiger partial charge in [-0.25, -0.2) is 4.98 Å². The molecule has 1 aromatic heterocycles. The maximum atomic E-state index is 8.91. The quantitative estimate of drug-likeness (QED) is 0.628. The van der Waals surface area contributed by atoms with Crippen LogP contribution in [-0.4, -0.2) is 35.0 Å². The Morgan fingerprint density at radius 2 is 2.50 bits per heavy atom. The molecule has 1 rings (SSSR count).